The molecule has 0 unspecified atom stereocenters. The van der Waals surface area contributed by atoms with Gasteiger partial charge in [-0.1, -0.05) is 0 Å². The molecule has 0 fully saturated rings. The van der Waals surface area contributed by atoms with E-state index in [1.165, 1.54) is 51.8 Å². The monoisotopic (exact) mass is 326 g/mol. The van der Waals surface area contributed by atoms with Crippen molar-refractivity contribution in [1.29, 1.82) is 0 Å². The second-order valence-corrected chi connectivity index (χ2v) is 8.81. The average molecular weight is 326 g/mol. The first-order valence-electron chi connectivity index (χ1n) is 8.29. The van der Waals surface area contributed by atoms with E-state index in [4.69, 9.17) is 0 Å². The van der Waals surface area contributed by atoms with Crippen molar-refractivity contribution in [3.63, 3.8) is 0 Å². The Hall–Kier alpha value is -0.521. The number of hydrogen-bond acceptors (Lipinski definition) is 0. The molecule has 0 aromatic rings. The normalized spacial score (nSPS) is 19.4. The fourth-order valence-electron chi connectivity index (χ4n) is 3.05. The molecule has 0 spiro atoms. The zero-order valence-electron chi connectivity index (χ0n) is 14.5. The van der Waals surface area contributed by atoms with Crippen LogP contribution in [0.4, 0.5) is 0 Å². The van der Waals surface area contributed by atoms with E-state index in [0.717, 1.165) is 11.8 Å². The van der Waals surface area contributed by atoms with Crippen LogP contribution in [-0.2, 0) is 15.0 Å². The van der Waals surface area contributed by atoms with Gasteiger partial charge in [0.05, 0.1) is 0 Å². The van der Waals surface area contributed by atoms with E-state index in [0.29, 0.717) is 0 Å². The second-order valence-electron chi connectivity index (χ2n) is 7.20. The van der Waals surface area contributed by atoms with Gasteiger partial charge in [-0.15, -0.1) is 0 Å². The van der Waals surface area contributed by atoms with Gasteiger partial charge in [-0.25, -0.2) is 0 Å². The van der Waals surface area contributed by atoms with E-state index in [1.807, 2.05) is 0 Å². The van der Waals surface area contributed by atoms with Gasteiger partial charge in [-0.05, 0) is 0 Å². The third kappa shape index (κ3) is 4.24. The number of hydrogen-bond donors (Lipinski definition) is 0. The third-order valence-corrected chi connectivity index (χ3v) is 5.98. The van der Waals surface area contributed by atoms with Crippen LogP contribution in [0.15, 0.2) is 43.4 Å². The van der Waals surface area contributed by atoms with E-state index in [2.05, 4.69) is 53.7 Å². The van der Waals surface area contributed by atoms with Crippen molar-refractivity contribution in [3.05, 3.63) is 43.4 Å². The van der Waals surface area contributed by atoms with Crippen molar-refractivity contribution in [2.75, 3.05) is 0 Å². The van der Waals surface area contributed by atoms with Gasteiger partial charge < -0.3 is 0 Å². The van der Waals surface area contributed by atoms with E-state index >= 15 is 0 Å². The maximum atomic E-state index is 2.44. The summed E-state index contributed by atoms with van der Waals surface area (Å²) >= 11 is 1.21. The standard InChI is InChI=1S/2C10H15.Fe/c2*1-8(2)7-10-6-4-5-9(10)3;/h2*5,8H,4,7H2,1-3H3;. The summed E-state index contributed by atoms with van der Waals surface area (Å²) in [7, 11) is 0. The molecule has 0 aromatic carbocycles. The fourth-order valence-corrected chi connectivity index (χ4v) is 4.90. The van der Waals surface area contributed by atoms with Gasteiger partial charge >= 0.3 is 137 Å². The van der Waals surface area contributed by atoms with Crippen LogP contribution in [-0.4, -0.2) is 0 Å². The minimum atomic E-state index is 0.754. The second kappa shape index (κ2) is 7.16. The molecule has 21 heavy (non-hydrogen) atoms. The number of allylic oxidation sites excluding steroid dienone is 8. The van der Waals surface area contributed by atoms with Gasteiger partial charge in [0, 0.05) is 0 Å². The average Bonchev–Trinajstić information content (AvgIpc) is 2.88. The molecule has 2 rings (SSSR count). The van der Waals surface area contributed by atoms with Crippen LogP contribution >= 0.6 is 0 Å². The van der Waals surface area contributed by atoms with Crippen molar-refractivity contribution in [2.45, 2.75) is 67.2 Å². The Morgan fingerprint density at radius 3 is 1.52 bits per heavy atom. The molecule has 0 saturated carbocycles. The Morgan fingerprint density at radius 1 is 0.810 bits per heavy atom. The van der Waals surface area contributed by atoms with Crippen LogP contribution in [0, 0.1) is 11.8 Å². The van der Waals surface area contributed by atoms with Crippen LogP contribution < -0.4 is 0 Å². The van der Waals surface area contributed by atoms with Gasteiger partial charge in [-0.2, -0.15) is 0 Å². The van der Waals surface area contributed by atoms with Gasteiger partial charge in [-0.3, -0.25) is 0 Å². The molecule has 2 aliphatic rings. The van der Waals surface area contributed by atoms with Crippen LogP contribution in [0.25, 0.3) is 0 Å². The van der Waals surface area contributed by atoms with Gasteiger partial charge in [0.2, 0.25) is 0 Å². The Morgan fingerprint density at radius 2 is 1.19 bits per heavy atom. The molecule has 0 nitrogen and oxygen atoms in total. The van der Waals surface area contributed by atoms with Crippen LogP contribution in [0.2, 0.25) is 0 Å². The molecule has 0 radical (unpaired) electrons. The van der Waals surface area contributed by atoms with E-state index in [1.54, 1.807) is 20.1 Å². The van der Waals surface area contributed by atoms with Crippen molar-refractivity contribution >= 4 is 0 Å². The van der Waals surface area contributed by atoms with Gasteiger partial charge in [0.1, 0.15) is 0 Å². The molecule has 0 saturated heterocycles. The number of rotatable bonds is 6. The molecule has 1 heteroatoms. The Balaban J connectivity index is 2.20. The summed E-state index contributed by atoms with van der Waals surface area (Å²) in [6.45, 7) is 13.9. The predicted molar refractivity (Wildman–Crippen MR) is 89.7 cm³/mol. The first-order valence-corrected chi connectivity index (χ1v) is 9.39. The summed E-state index contributed by atoms with van der Waals surface area (Å²) in [6.07, 6.45) is 9.74. The predicted octanol–water partition coefficient (Wildman–Crippen LogP) is 6.37. The molecule has 0 N–H and O–H groups in total. The Kier molecular flexibility index (Phi) is 5.74. The zero-order chi connectivity index (χ0) is 15.6. The molecular formula is C20H30Fe. The van der Waals surface area contributed by atoms with Crippen molar-refractivity contribution in [1.82, 2.24) is 0 Å². The first-order chi connectivity index (χ1) is 9.88. The van der Waals surface area contributed by atoms with Crippen molar-refractivity contribution < 1.29 is 15.0 Å². The SMILES string of the molecule is CC1=CC[C]([Fe][C]2=C(CC(C)C)C(C)=CC2)=C1CC(C)C. The zero-order valence-corrected chi connectivity index (χ0v) is 15.6. The molecule has 0 bridgehead atoms. The fraction of sp³-hybridized carbons (Fsp3) is 0.600. The Labute approximate surface area is 137 Å². The van der Waals surface area contributed by atoms with Gasteiger partial charge in [0.25, 0.3) is 0 Å². The van der Waals surface area contributed by atoms with E-state index in [9.17, 15) is 0 Å². The van der Waals surface area contributed by atoms with Crippen LogP contribution in [0.5, 0.6) is 0 Å². The summed E-state index contributed by atoms with van der Waals surface area (Å²) in [5.41, 5.74) is 6.39. The van der Waals surface area contributed by atoms with Crippen LogP contribution in [0.1, 0.15) is 67.2 Å². The molecular weight excluding hydrogens is 296 g/mol. The molecule has 0 amide bonds. The Bertz CT molecular complexity index is 476. The topological polar surface area (TPSA) is 0 Å². The summed E-state index contributed by atoms with van der Waals surface area (Å²) in [5, 5.41) is 0. The molecule has 0 aromatic heterocycles. The quantitative estimate of drug-likeness (QED) is 0.498. The summed E-state index contributed by atoms with van der Waals surface area (Å²) in [6, 6.07) is 0. The van der Waals surface area contributed by atoms with Gasteiger partial charge in [0.15, 0.2) is 0 Å². The molecule has 0 heterocycles. The maximum absolute atomic E-state index is 2.44. The third-order valence-electron chi connectivity index (χ3n) is 4.20. The molecule has 2 aliphatic carbocycles. The van der Waals surface area contributed by atoms with E-state index in [-0.39, 0.29) is 0 Å². The van der Waals surface area contributed by atoms with Crippen LogP contribution in [0.3, 0.4) is 0 Å². The summed E-state index contributed by atoms with van der Waals surface area (Å²) < 4.78 is 3.39. The minimum absolute atomic E-state index is 0.754. The summed E-state index contributed by atoms with van der Waals surface area (Å²) in [4.78, 5) is 0. The van der Waals surface area contributed by atoms with E-state index < -0.39 is 0 Å². The molecule has 118 valence electrons. The summed E-state index contributed by atoms with van der Waals surface area (Å²) in [5.74, 6) is 1.51. The van der Waals surface area contributed by atoms with Crippen molar-refractivity contribution in [2.24, 2.45) is 11.8 Å². The molecule has 0 atom stereocenters. The first kappa shape index (κ1) is 16.8. The van der Waals surface area contributed by atoms with Crippen molar-refractivity contribution in [3.8, 4) is 0 Å². The molecule has 0 aliphatic heterocycles.